The molecule has 25 heavy (non-hydrogen) atoms. The molecule has 1 fully saturated rings. The topological polar surface area (TPSA) is 30.9 Å². The van der Waals surface area contributed by atoms with Gasteiger partial charge in [0.1, 0.15) is 11.5 Å². The lowest BCUT2D eigenvalue weighted by Gasteiger charge is -2.33. The summed E-state index contributed by atoms with van der Waals surface area (Å²) in [5, 5.41) is 0. The number of benzene rings is 2. The molecule has 0 aliphatic carbocycles. The predicted octanol–water partition coefficient (Wildman–Crippen LogP) is 3.07. The molecule has 0 N–H and O–H groups in total. The van der Waals surface area contributed by atoms with Crippen molar-refractivity contribution in [1.29, 1.82) is 0 Å². The maximum atomic E-state index is 5.99. The molecule has 4 heteroatoms. The van der Waals surface area contributed by atoms with Crippen LogP contribution in [-0.4, -0.2) is 44.4 Å². The molecule has 2 aromatic carbocycles. The Morgan fingerprint density at radius 3 is 3.00 bits per heavy atom. The third-order valence-electron chi connectivity index (χ3n) is 4.98. The Bertz CT molecular complexity index is 731. The fourth-order valence-corrected chi connectivity index (χ4v) is 3.71. The fourth-order valence-electron chi connectivity index (χ4n) is 3.71. The highest BCUT2D eigenvalue weighted by molar-refractivity contribution is 5.39. The van der Waals surface area contributed by atoms with Crippen LogP contribution in [-0.2, 0) is 24.1 Å². The maximum Gasteiger partial charge on any atom is 0.122 e. The van der Waals surface area contributed by atoms with Crippen LogP contribution in [0.25, 0.3) is 0 Å². The Kier molecular flexibility index (Phi) is 4.90. The molecule has 2 heterocycles. The second-order valence-corrected chi connectivity index (χ2v) is 6.82. The molecule has 0 amide bonds. The van der Waals surface area contributed by atoms with Crippen molar-refractivity contribution < 1.29 is 14.2 Å². The van der Waals surface area contributed by atoms with Crippen LogP contribution in [0.4, 0.5) is 0 Å². The molecule has 0 aromatic heterocycles. The zero-order valence-electron chi connectivity index (χ0n) is 14.7. The van der Waals surface area contributed by atoms with Gasteiger partial charge in [-0.25, -0.2) is 0 Å². The third kappa shape index (κ3) is 3.97. The molecule has 4 rings (SSSR count). The van der Waals surface area contributed by atoms with E-state index in [9.17, 15) is 0 Å². The first-order valence-corrected chi connectivity index (χ1v) is 9.01. The highest BCUT2D eigenvalue weighted by atomic mass is 16.5. The Hall–Kier alpha value is -2.04. The molecule has 0 saturated carbocycles. The van der Waals surface area contributed by atoms with Crippen LogP contribution >= 0.6 is 0 Å². The smallest absolute Gasteiger partial charge is 0.122 e. The molecule has 0 radical (unpaired) electrons. The Balaban J connectivity index is 1.37. The molecule has 1 unspecified atom stereocenters. The maximum absolute atomic E-state index is 5.99. The van der Waals surface area contributed by atoms with Gasteiger partial charge in [0.15, 0.2) is 0 Å². The van der Waals surface area contributed by atoms with Gasteiger partial charge in [0.25, 0.3) is 0 Å². The summed E-state index contributed by atoms with van der Waals surface area (Å²) < 4.78 is 16.9. The van der Waals surface area contributed by atoms with Gasteiger partial charge < -0.3 is 14.2 Å². The van der Waals surface area contributed by atoms with E-state index in [1.54, 1.807) is 7.11 Å². The minimum atomic E-state index is 0.235. The van der Waals surface area contributed by atoms with E-state index >= 15 is 0 Å². The van der Waals surface area contributed by atoms with Gasteiger partial charge in [-0.05, 0) is 34.9 Å². The van der Waals surface area contributed by atoms with E-state index in [0.717, 1.165) is 57.2 Å². The normalized spacial score (nSPS) is 20.1. The number of fused-ring (bicyclic) bond motifs is 1. The molecule has 0 spiro atoms. The number of hydrogen-bond acceptors (Lipinski definition) is 4. The molecule has 0 bridgehead atoms. The van der Waals surface area contributed by atoms with Crippen LogP contribution in [0.3, 0.4) is 0 Å². The lowest BCUT2D eigenvalue weighted by molar-refractivity contribution is -0.0305. The van der Waals surface area contributed by atoms with E-state index in [2.05, 4.69) is 35.2 Å². The highest BCUT2D eigenvalue weighted by Gasteiger charge is 2.21. The predicted molar refractivity (Wildman–Crippen MR) is 97.4 cm³/mol. The van der Waals surface area contributed by atoms with Crippen LogP contribution in [0.15, 0.2) is 42.5 Å². The SMILES string of the molecule is COc1cccc(CC2CN(Cc3ccc4c(c3)CCO4)CCO2)c1. The van der Waals surface area contributed by atoms with Crippen molar-refractivity contribution >= 4 is 0 Å². The summed E-state index contributed by atoms with van der Waals surface area (Å²) in [5.41, 5.74) is 3.98. The second kappa shape index (κ2) is 7.46. The average Bonchev–Trinajstić information content (AvgIpc) is 3.10. The lowest BCUT2D eigenvalue weighted by atomic mass is 10.0. The first-order chi connectivity index (χ1) is 12.3. The highest BCUT2D eigenvalue weighted by Crippen LogP contribution is 2.26. The summed E-state index contributed by atoms with van der Waals surface area (Å²) in [6.45, 7) is 4.54. The summed E-state index contributed by atoms with van der Waals surface area (Å²) >= 11 is 0. The van der Waals surface area contributed by atoms with E-state index in [0.29, 0.717) is 0 Å². The van der Waals surface area contributed by atoms with Crippen LogP contribution in [0, 0.1) is 0 Å². The minimum absolute atomic E-state index is 0.235. The summed E-state index contributed by atoms with van der Waals surface area (Å²) in [4.78, 5) is 2.49. The van der Waals surface area contributed by atoms with E-state index in [1.165, 1.54) is 16.7 Å². The van der Waals surface area contributed by atoms with Crippen molar-refractivity contribution in [2.24, 2.45) is 0 Å². The van der Waals surface area contributed by atoms with Crippen molar-refractivity contribution in [3.05, 3.63) is 59.2 Å². The van der Waals surface area contributed by atoms with Gasteiger partial charge >= 0.3 is 0 Å². The van der Waals surface area contributed by atoms with Gasteiger partial charge in [0, 0.05) is 32.5 Å². The standard InChI is InChI=1S/C21H25NO3/c1-23-19-4-2-3-16(12-19)13-20-15-22(8-10-24-20)14-17-5-6-21-18(11-17)7-9-25-21/h2-6,11-12,20H,7-10,13-15H2,1H3. The first kappa shape index (κ1) is 16.4. The monoisotopic (exact) mass is 339 g/mol. The van der Waals surface area contributed by atoms with Crippen molar-refractivity contribution in [3.63, 3.8) is 0 Å². The molecular formula is C21H25NO3. The van der Waals surface area contributed by atoms with Gasteiger partial charge in [-0.1, -0.05) is 24.3 Å². The zero-order valence-corrected chi connectivity index (χ0v) is 14.7. The van der Waals surface area contributed by atoms with Gasteiger partial charge in [0.05, 0.1) is 26.4 Å². The summed E-state index contributed by atoms with van der Waals surface area (Å²) in [5.74, 6) is 1.96. The van der Waals surface area contributed by atoms with E-state index in [-0.39, 0.29) is 6.10 Å². The minimum Gasteiger partial charge on any atom is -0.497 e. The van der Waals surface area contributed by atoms with E-state index in [1.807, 2.05) is 12.1 Å². The molecule has 4 nitrogen and oxygen atoms in total. The first-order valence-electron chi connectivity index (χ1n) is 9.01. The average molecular weight is 339 g/mol. The van der Waals surface area contributed by atoms with Crippen LogP contribution < -0.4 is 9.47 Å². The summed E-state index contributed by atoms with van der Waals surface area (Å²) in [7, 11) is 1.71. The second-order valence-electron chi connectivity index (χ2n) is 6.82. The van der Waals surface area contributed by atoms with Crippen molar-refractivity contribution in [2.45, 2.75) is 25.5 Å². The number of ether oxygens (including phenoxy) is 3. The molecule has 1 atom stereocenters. The van der Waals surface area contributed by atoms with Gasteiger partial charge in [-0.15, -0.1) is 0 Å². The zero-order chi connectivity index (χ0) is 17.1. The van der Waals surface area contributed by atoms with Gasteiger partial charge in [-0.2, -0.15) is 0 Å². The van der Waals surface area contributed by atoms with Crippen molar-refractivity contribution in [3.8, 4) is 11.5 Å². The lowest BCUT2D eigenvalue weighted by Crippen LogP contribution is -2.42. The molecule has 1 saturated heterocycles. The van der Waals surface area contributed by atoms with Crippen LogP contribution in [0.1, 0.15) is 16.7 Å². The Labute approximate surface area is 149 Å². The molecule has 132 valence electrons. The third-order valence-corrected chi connectivity index (χ3v) is 4.98. The molecular weight excluding hydrogens is 314 g/mol. The number of morpholine rings is 1. The molecule has 2 aromatic rings. The number of methoxy groups -OCH3 is 1. The Morgan fingerprint density at radius 1 is 1.12 bits per heavy atom. The number of hydrogen-bond donors (Lipinski definition) is 0. The van der Waals surface area contributed by atoms with Gasteiger partial charge in [-0.3, -0.25) is 4.90 Å². The largest absolute Gasteiger partial charge is 0.497 e. The van der Waals surface area contributed by atoms with Crippen molar-refractivity contribution in [1.82, 2.24) is 4.90 Å². The summed E-state index contributed by atoms with van der Waals surface area (Å²) in [6.07, 6.45) is 2.19. The molecule has 2 aliphatic heterocycles. The van der Waals surface area contributed by atoms with Crippen LogP contribution in [0.5, 0.6) is 11.5 Å². The van der Waals surface area contributed by atoms with Crippen LogP contribution in [0.2, 0.25) is 0 Å². The Morgan fingerprint density at radius 2 is 2.08 bits per heavy atom. The van der Waals surface area contributed by atoms with E-state index in [4.69, 9.17) is 14.2 Å². The summed E-state index contributed by atoms with van der Waals surface area (Å²) in [6, 6.07) is 14.9. The number of nitrogens with zero attached hydrogens (tertiary/aromatic N) is 1. The molecule has 2 aliphatic rings. The fraction of sp³-hybridized carbons (Fsp3) is 0.429. The number of rotatable bonds is 5. The quantitative estimate of drug-likeness (QED) is 0.838. The van der Waals surface area contributed by atoms with Gasteiger partial charge in [0.2, 0.25) is 0 Å². The van der Waals surface area contributed by atoms with Crippen molar-refractivity contribution in [2.75, 3.05) is 33.4 Å². The van der Waals surface area contributed by atoms with E-state index < -0.39 is 0 Å².